The van der Waals surface area contributed by atoms with Crippen LogP contribution in [0.15, 0.2) is 6.20 Å². The SMILES string of the molecule is FC(F)(F)c1nc(=S)c2cn[nH]c2[nH]1. The smallest absolute Gasteiger partial charge is 0.321 e. The average molecular weight is 220 g/mol. The van der Waals surface area contributed by atoms with Crippen LogP contribution >= 0.6 is 12.2 Å². The number of rotatable bonds is 0. The average Bonchev–Trinajstić information content (AvgIpc) is 2.50. The third-order valence-corrected chi connectivity index (χ3v) is 1.91. The number of alkyl halides is 3. The Bertz CT molecular complexity index is 526. The zero-order chi connectivity index (χ0) is 10.3. The normalized spacial score (nSPS) is 12.2. The molecular weight excluding hydrogens is 217 g/mol. The molecule has 0 radical (unpaired) electrons. The first-order chi connectivity index (χ1) is 6.48. The molecule has 2 aromatic rings. The summed E-state index contributed by atoms with van der Waals surface area (Å²) in [5.41, 5.74) is 0.123. The molecule has 0 spiro atoms. The maximum Gasteiger partial charge on any atom is 0.449 e. The Morgan fingerprint density at radius 1 is 1.36 bits per heavy atom. The van der Waals surface area contributed by atoms with Crippen LogP contribution in [-0.2, 0) is 6.18 Å². The molecule has 2 N–H and O–H groups in total. The number of hydrogen-bond acceptors (Lipinski definition) is 3. The lowest BCUT2D eigenvalue weighted by Gasteiger charge is -2.04. The Hall–Kier alpha value is -1.44. The number of nitrogens with one attached hydrogen (secondary N) is 2. The van der Waals surface area contributed by atoms with Crippen molar-refractivity contribution >= 4 is 23.3 Å². The fourth-order valence-corrected chi connectivity index (χ4v) is 1.23. The molecule has 2 heterocycles. The summed E-state index contributed by atoms with van der Waals surface area (Å²) in [6.07, 6.45) is -3.21. The summed E-state index contributed by atoms with van der Waals surface area (Å²) >= 11 is 4.67. The first kappa shape index (κ1) is 9.13. The molecule has 0 aliphatic carbocycles. The third-order valence-electron chi connectivity index (χ3n) is 1.60. The highest BCUT2D eigenvalue weighted by Crippen LogP contribution is 2.26. The van der Waals surface area contributed by atoms with E-state index >= 15 is 0 Å². The van der Waals surface area contributed by atoms with Crippen molar-refractivity contribution in [2.24, 2.45) is 0 Å². The topological polar surface area (TPSA) is 57.4 Å². The molecule has 74 valence electrons. The maximum absolute atomic E-state index is 12.2. The number of hydrogen-bond donors (Lipinski definition) is 2. The zero-order valence-electron chi connectivity index (χ0n) is 6.51. The predicted molar refractivity (Wildman–Crippen MR) is 44.1 cm³/mol. The number of nitrogens with zero attached hydrogens (tertiary/aromatic N) is 2. The van der Waals surface area contributed by atoms with Crippen LogP contribution in [0.1, 0.15) is 5.82 Å². The largest absolute Gasteiger partial charge is 0.449 e. The highest BCUT2D eigenvalue weighted by Gasteiger charge is 2.34. The highest BCUT2D eigenvalue weighted by molar-refractivity contribution is 7.71. The number of aromatic amines is 2. The standard InChI is InChI=1S/C6H3F3N4S/c7-6(8,9)5-11-3-2(1-10-13-3)4(14)12-5/h1H,(H2,10,11,12,13,14). The van der Waals surface area contributed by atoms with Gasteiger partial charge in [0.25, 0.3) is 0 Å². The highest BCUT2D eigenvalue weighted by atomic mass is 32.1. The van der Waals surface area contributed by atoms with Crippen molar-refractivity contribution in [3.8, 4) is 0 Å². The Balaban J connectivity index is 2.77. The van der Waals surface area contributed by atoms with E-state index in [0.717, 1.165) is 0 Å². The summed E-state index contributed by atoms with van der Waals surface area (Å²) in [6, 6.07) is 0. The summed E-state index contributed by atoms with van der Waals surface area (Å²) < 4.78 is 36.6. The van der Waals surface area contributed by atoms with E-state index in [-0.39, 0.29) is 10.3 Å². The molecule has 8 heteroatoms. The van der Waals surface area contributed by atoms with Crippen molar-refractivity contribution in [2.75, 3.05) is 0 Å². The van der Waals surface area contributed by atoms with Gasteiger partial charge in [-0.15, -0.1) is 0 Å². The summed E-state index contributed by atoms with van der Waals surface area (Å²) in [6.45, 7) is 0. The first-order valence-electron chi connectivity index (χ1n) is 3.49. The van der Waals surface area contributed by atoms with Crippen molar-refractivity contribution in [1.29, 1.82) is 0 Å². The first-order valence-corrected chi connectivity index (χ1v) is 3.90. The number of H-pyrrole nitrogens is 2. The molecule has 14 heavy (non-hydrogen) atoms. The molecule has 0 unspecified atom stereocenters. The lowest BCUT2D eigenvalue weighted by atomic mass is 10.4. The van der Waals surface area contributed by atoms with E-state index in [4.69, 9.17) is 0 Å². The van der Waals surface area contributed by atoms with Gasteiger partial charge in [-0.3, -0.25) is 5.10 Å². The van der Waals surface area contributed by atoms with E-state index in [2.05, 4.69) is 32.4 Å². The summed E-state index contributed by atoms with van der Waals surface area (Å²) in [4.78, 5) is 5.29. The molecule has 0 aliphatic rings. The second-order valence-electron chi connectivity index (χ2n) is 2.55. The quantitative estimate of drug-likeness (QED) is 0.668. The predicted octanol–water partition coefficient (Wildman–Crippen LogP) is 2.03. The van der Waals surface area contributed by atoms with E-state index < -0.39 is 12.0 Å². The van der Waals surface area contributed by atoms with Gasteiger partial charge < -0.3 is 4.98 Å². The van der Waals surface area contributed by atoms with Gasteiger partial charge >= 0.3 is 6.18 Å². The van der Waals surface area contributed by atoms with Crippen molar-refractivity contribution in [2.45, 2.75) is 6.18 Å². The van der Waals surface area contributed by atoms with Crippen LogP contribution < -0.4 is 0 Å². The van der Waals surface area contributed by atoms with Crippen LogP contribution in [0.5, 0.6) is 0 Å². The minimum Gasteiger partial charge on any atom is -0.321 e. The molecule has 0 saturated heterocycles. The second-order valence-corrected chi connectivity index (χ2v) is 2.93. The van der Waals surface area contributed by atoms with Crippen molar-refractivity contribution in [3.05, 3.63) is 16.7 Å². The van der Waals surface area contributed by atoms with E-state index in [1.807, 2.05) is 0 Å². The Morgan fingerprint density at radius 2 is 2.07 bits per heavy atom. The van der Waals surface area contributed by atoms with Gasteiger partial charge in [0, 0.05) is 0 Å². The van der Waals surface area contributed by atoms with Crippen LogP contribution in [0, 0.1) is 4.64 Å². The fraction of sp³-hybridized carbons (Fsp3) is 0.167. The minimum absolute atomic E-state index is 0.123. The lowest BCUT2D eigenvalue weighted by molar-refractivity contribution is -0.144. The summed E-state index contributed by atoms with van der Waals surface area (Å²) in [5.74, 6) is -1.13. The van der Waals surface area contributed by atoms with Crippen LogP contribution in [0.4, 0.5) is 13.2 Å². The van der Waals surface area contributed by atoms with Crippen LogP contribution in [0.3, 0.4) is 0 Å². The van der Waals surface area contributed by atoms with Gasteiger partial charge in [0.2, 0.25) is 5.82 Å². The van der Waals surface area contributed by atoms with Crippen LogP contribution in [0.25, 0.3) is 11.0 Å². The zero-order valence-corrected chi connectivity index (χ0v) is 7.33. The van der Waals surface area contributed by atoms with Crippen molar-refractivity contribution in [1.82, 2.24) is 20.2 Å². The maximum atomic E-state index is 12.2. The van der Waals surface area contributed by atoms with E-state index in [0.29, 0.717) is 5.39 Å². The van der Waals surface area contributed by atoms with Crippen molar-refractivity contribution in [3.63, 3.8) is 0 Å². The molecule has 0 fully saturated rings. The van der Waals surface area contributed by atoms with E-state index in [9.17, 15) is 13.2 Å². The van der Waals surface area contributed by atoms with Crippen LogP contribution in [0.2, 0.25) is 0 Å². The molecule has 0 saturated carbocycles. The van der Waals surface area contributed by atoms with Gasteiger partial charge in [-0.05, 0) is 0 Å². The van der Waals surface area contributed by atoms with E-state index in [1.54, 1.807) is 0 Å². The molecular formula is C6H3F3N4S. The second kappa shape index (κ2) is 2.77. The third kappa shape index (κ3) is 1.37. The Kier molecular flexibility index (Phi) is 1.81. The Labute approximate surface area is 80.2 Å². The van der Waals surface area contributed by atoms with Gasteiger partial charge in [-0.25, -0.2) is 4.98 Å². The fourth-order valence-electron chi connectivity index (χ4n) is 0.986. The number of aromatic nitrogens is 4. The summed E-state index contributed by atoms with van der Waals surface area (Å²) in [7, 11) is 0. The van der Waals surface area contributed by atoms with Gasteiger partial charge in [0.1, 0.15) is 10.3 Å². The van der Waals surface area contributed by atoms with Crippen molar-refractivity contribution < 1.29 is 13.2 Å². The molecule has 2 rings (SSSR count). The lowest BCUT2D eigenvalue weighted by Crippen LogP contribution is -2.11. The monoisotopic (exact) mass is 220 g/mol. The minimum atomic E-state index is -4.53. The summed E-state index contributed by atoms with van der Waals surface area (Å²) in [5, 5.41) is 6.28. The van der Waals surface area contributed by atoms with Gasteiger partial charge in [-0.1, -0.05) is 12.2 Å². The number of halogens is 3. The van der Waals surface area contributed by atoms with E-state index in [1.165, 1.54) is 6.20 Å². The van der Waals surface area contributed by atoms with Gasteiger partial charge in [0.05, 0.1) is 11.6 Å². The van der Waals surface area contributed by atoms with Gasteiger partial charge in [0.15, 0.2) is 0 Å². The molecule has 2 aromatic heterocycles. The molecule has 0 bridgehead atoms. The molecule has 4 nitrogen and oxygen atoms in total. The van der Waals surface area contributed by atoms with Crippen LogP contribution in [-0.4, -0.2) is 20.2 Å². The molecule has 0 aromatic carbocycles. The molecule has 0 aliphatic heterocycles. The molecule has 0 atom stereocenters. The molecule has 0 amide bonds. The Morgan fingerprint density at radius 3 is 2.71 bits per heavy atom. The van der Waals surface area contributed by atoms with Gasteiger partial charge in [-0.2, -0.15) is 18.3 Å². The number of fused-ring (bicyclic) bond motifs is 1.